The summed E-state index contributed by atoms with van der Waals surface area (Å²) in [6.45, 7) is 4.53. The summed E-state index contributed by atoms with van der Waals surface area (Å²) in [5, 5.41) is 0. The standard InChI is InChI=1S/C10H12/c1-7(2)10-8-5-3-4-6-9(8)10/h3-8H,1-2H3. The summed E-state index contributed by atoms with van der Waals surface area (Å²) in [6, 6.07) is 0. The zero-order chi connectivity index (χ0) is 7.14. The molecule has 0 radical (unpaired) electrons. The van der Waals surface area contributed by atoms with Gasteiger partial charge in [0.15, 0.2) is 0 Å². The molecule has 0 aromatic heterocycles. The molecule has 0 fully saturated rings. The van der Waals surface area contributed by atoms with E-state index in [1.165, 1.54) is 0 Å². The van der Waals surface area contributed by atoms with Crippen LogP contribution >= 0.6 is 0 Å². The molecule has 0 heteroatoms. The minimum absolute atomic E-state index is 0.727. The lowest BCUT2D eigenvalue weighted by atomic mass is 10.1. The lowest BCUT2D eigenvalue weighted by Crippen LogP contribution is -1.85. The van der Waals surface area contributed by atoms with Gasteiger partial charge in [-0.3, -0.25) is 0 Å². The van der Waals surface area contributed by atoms with Crippen molar-refractivity contribution in [1.29, 1.82) is 0 Å². The van der Waals surface area contributed by atoms with E-state index < -0.39 is 0 Å². The second kappa shape index (κ2) is 1.85. The second-order valence-corrected chi connectivity index (χ2v) is 3.29. The summed E-state index contributed by atoms with van der Waals surface area (Å²) < 4.78 is 0. The highest BCUT2D eigenvalue weighted by molar-refractivity contribution is 5.56. The van der Waals surface area contributed by atoms with Gasteiger partial charge in [0, 0.05) is 5.92 Å². The molecule has 0 amide bonds. The van der Waals surface area contributed by atoms with Crippen molar-refractivity contribution in [2.45, 2.75) is 13.8 Å². The molecule has 0 aliphatic heterocycles. The quantitative estimate of drug-likeness (QED) is 0.514. The van der Waals surface area contributed by atoms with Gasteiger partial charge in [0.25, 0.3) is 0 Å². The third-order valence-electron chi connectivity index (χ3n) is 2.23. The van der Waals surface area contributed by atoms with Crippen LogP contribution in [0.1, 0.15) is 13.8 Å². The van der Waals surface area contributed by atoms with Crippen molar-refractivity contribution < 1.29 is 0 Å². The van der Waals surface area contributed by atoms with Crippen LogP contribution in [-0.2, 0) is 0 Å². The third kappa shape index (κ3) is 0.683. The summed E-state index contributed by atoms with van der Waals surface area (Å²) in [6.07, 6.45) is 8.79. The number of fused-ring (bicyclic) bond motifs is 1. The summed E-state index contributed by atoms with van der Waals surface area (Å²) in [5.74, 6) is 1.47. The fourth-order valence-electron chi connectivity index (χ4n) is 1.71. The molecule has 1 atom stereocenters. The Balaban J connectivity index is 2.23. The molecule has 0 aromatic carbocycles. The van der Waals surface area contributed by atoms with Gasteiger partial charge in [-0.15, -0.1) is 0 Å². The molecule has 52 valence electrons. The van der Waals surface area contributed by atoms with E-state index in [0.29, 0.717) is 0 Å². The van der Waals surface area contributed by atoms with E-state index >= 15 is 0 Å². The molecule has 0 saturated heterocycles. The molecule has 0 N–H and O–H groups in total. The first-order valence-electron chi connectivity index (χ1n) is 3.89. The van der Waals surface area contributed by atoms with E-state index in [0.717, 1.165) is 11.8 Å². The zero-order valence-electron chi connectivity index (χ0n) is 6.46. The molecule has 0 spiro atoms. The average Bonchev–Trinajstić information content (AvgIpc) is 2.60. The van der Waals surface area contributed by atoms with E-state index in [9.17, 15) is 0 Å². The zero-order valence-corrected chi connectivity index (χ0v) is 6.46. The van der Waals surface area contributed by atoms with Gasteiger partial charge < -0.3 is 0 Å². The van der Waals surface area contributed by atoms with Crippen molar-refractivity contribution in [3.05, 3.63) is 35.5 Å². The average molecular weight is 132 g/mol. The maximum absolute atomic E-state index is 2.28. The first-order valence-corrected chi connectivity index (χ1v) is 3.89. The monoisotopic (exact) mass is 132 g/mol. The van der Waals surface area contributed by atoms with Gasteiger partial charge in [-0.2, -0.15) is 0 Å². The largest absolute Gasteiger partial charge is 0.0729 e. The van der Waals surface area contributed by atoms with Crippen molar-refractivity contribution in [2.24, 2.45) is 11.8 Å². The van der Waals surface area contributed by atoms with Gasteiger partial charge in [0.1, 0.15) is 0 Å². The molecular formula is C10H12. The number of allylic oxidation sites excluding steroid dienone is 6. The predicted molar refractivity (Wildman–Crippen MR) is 43.6 cm³/mol. The van der Waals surface area contributed by atoms with Crippen LogP contribution in [0.5, 0.6) is 0 Å². The Labute approximate surface area is 61.9 Å². The van der Waals surface area contributed by atoms with Gasteiger partial charge in [-0.1, -0.05) is 43.7 Å². The number of hydrogen-bond donors (Lipinski definition) is 0. The lowest BCUT2D eigenvalue weighted by Gasteiger charge is -1.96. The summed E-state index contributed by atoms with van der Waals surface area (Å²) >= 11 is 0. The van der Waals surface area contributed by atoms with Crippen molar-refractivity contribution >= 4 is 0 Å². The molecule has 2 aliphatic carbocycles. The van der Waals surface area contributed by atoms with Crippen LogP contribution in [0, 0.1) is 11.8 Å². The van der Waals surface area contributed by atoms with Gasteiger partial charge in [-0.05, 0) is 11.5 Å². The Morgan fingerprint density at radius 2 is 2.10 bits per heavy atom. The van der Waals surface area contributed by atoms with E-state index in [4.69, 9.17) is 0 Å². The van der Waals surface area contributed by atoms with Crippen LogP contribution in [0.4, 0.5) is 0 Å². The Morgan fingerprint density at radius 3 is 2.60 bits per heavy atom. The third-order valence-corrected chi connectivity index (χ3v) is 2.23. The summed E-state index contributed by atoms with van der Waals surface area (Å²) in [4.78, 5) is 0. The molecule has 10 heavy (non-hydrogen) atoms. The van der Waals surface area contributed by atoms with Crippen molar-refractivity contribution in [3.8, 4) is 0 Å². The minimum atomic E-state index is 0.727. The van der Waals surface area contributed by atoms with Crippen molar-refractivity contribution in [3.63, 3.8) is 0 Å². The molecule has 0 aromatic rings. The molecule has 0 heterocycles. The first kappa shape index (κ1) is 5.96. The van der Waals surface area contributed by atoms with E-state index in [2.05, 4.69) is 38.2 Å². The van der Waals surface area contributed by atoms with Crippen LogP contribution in [0.25, 0.3) is 0 Å². The minimum Gasteiger partial charge on any atom is -0.0729 e. The molecule has 0 bridgehead atoms. The van der Waals surface area contributed by atoms with Crippen LogP contribution < -0.4 is 0 Å². The smallest absolute Gasteiger partial charge is 0.0240 e. The van der Waals surface area contributed by atoms with Crippen LogP contribution in [0.2, 0.25) is 0 Å². The van der Waals surface area contributed by atoms with Crippen LogP contribution in [-0.4, -0.2) is 0 Å². The first-order chi connectivity index (χ1) is 4.80. The van der Waals surface area contributed by atoms with E-state index in [1.807, 2.05) is 0 Å². The Hall–Kier alpha value is -0.780. The van der Waals surface area contributed by atoms with E-state index in [-0.39, 0.29) is 0 Å². The maximum atomic E-state index is 2.28. The Bertz CT molecular complexity index is 239. The van der Waals surface area contributed by atoms with Gasteiger partial charge in [-0.25, -0.2) is 0 Å². The van der Waals surface area contributed by atoms with E-state index in [1.54, 1.807) is 11.1 Å². The Morgan fingerprint density at radius 1 is 1.30 bits per heavy atom. The van der Waals surface area contributed by atoms with Crippen molar-refractivity contribution in [1.82, 2.24) is 0 Å². The topological polar surface area (TPSA) is 0 Å². The van der Waals surface area contributed by atoms with Crippen molar-refractivity contribution in [2.75, 3.05) is 0 Å². The molecule has 2 rings (SSSR count). The highest BCUT2D eigenvalue weighted by Crippen LogP contribution is 2.47. The fourth-order valence-corrected chi connectivity index (χ4v) is 1.71. The molecule has 2 aliphatic rings. The second-order valence-electron chi connectivity index (χ2n) is 3.29. The SMILES string of the molecule is CC(C)C1=C2C=CC=CC21. The summed E-state index contributed by atoms with van der Waals surface area (Å²) in [5.41, 5.74) is 3.21. The highest BCUT2D eigenvalue weighted by atomic mass is 14.4. The molecule has 0 nitrogen and oxygen atoms in total. The fraction of sp³-hybridized carbons (Fsp3) is 0.400. The van der Waals surface area contributed by atoms with Gasteiger partial charge in [0.05, 0.1) is 0 Å². The predicted octanol–water partition coefficient (Wildman–Crippen LogP) is 2.69. The maximum Gasteiger partial charge on any atom is 0.0240 e. The lowest BCUT2D eigenvalue weighted by molar-refractivity contribution is 0.769. The summed E-state index contributed by atoms with van der Waals surface area (Å²) in [7, 11) is 0. The van der Waals surface area contributed by atoms with Crippen LogP contribution in [0.15, 0.2) is 35.5 Å². The van der Waals surface area contributed by atoms with Crippen LogP contribution in [0.3, 0.4) is 0 Å². The molecule has 0 saturated carbocycles. The Kier molecular flexibility index (Phi) is 1.10. The number of rotatable bonds is 1. The van der Waals surface area contributed by atoms with Gasteiger partial charge >= 0.3 is 0 Å². The molecule has 1 unspecified atom stereocenters. The normalized spacial score (nSPS) is 27.7. The highest BCUT2D eigenvalue weighted by Gasteiger charge is 2.34. The van der Waals surface area contributed by atoms with Gasteiger partial charge in [0.2, 0.25) is 0 Å². The molecular weight excluding hydrogens is 120 g/mol. The number of hydrogen-bond acceptors (Lipinski definition) is 0.